The minimum absolute atomic E-state index is 0.210. The molecule has 0 spiro atoms. The monoisotopic (exact) mass is 398 g/mol. The molecule has 2 unspecified atom stereocenters. The van der Waals surface area contributed by atoms with Crippen LogP contribution in [-0.2, 0) is 0 Å². The van der Waals surface area contributed by atoms with E-state index < -0.39 is 0 Å². The average molecular weight is 398 g/mol. The lowest BCUT2D eigenvalue weighted by Crippen LogP contribution is -2.50. The minimum Gasteiger partial charge on any atom is -0.336 e. The molecule has 4 heteroatoms. The first-order chi connectivity index (χ1) is 10.2. The molecule has 1 N–H and O–H groups in total. The van der Waals surface area contributed by atoms with E-state index in [1.165, 1.54) is 12.8 Å². The molecule has 0 aliphatic carbocycles. The molecule has 2 bridgehead atoms. The van der Waals surface area contributed by atoms with Crippen LogP contribution in [0, 0.1) is 3.57 Å². The second-order valence-corrected chi connectivity index (χ2v) is 7.52. The molecule has 0 aromatic heterocycles. The molecule has 2 fully saturated rings. The van der Waals surface area contributed by atoms with Gasteiger partial charge in [0.15, 0.2) is 0 Å². The largest absolute Gasteiger partial charge is 0.336 e. The Hall–Kier alpha value is -0.620. The summed E-state index contributed by atoms with van der Waals surface area (Å²) in [6.07, 6.45) is 5.81. The third-order valence-corrected chi connectivity index (χ3v) is 5.36. The smallest absolute Gasteiger partial charge is 0.254 e. The van der Waals surface area contributed by atoms with E-state index in [1.807, 2.05) is 24.3 Å². The third-order valence-electron chi connectivity index (χ3n) is 4.69. The highest BCUT2D eigenvalue weighted by Gasteiger charge is 2.37. The van der Waals surface area contributed by atoms with Crippen molar-refractivity contribution in [3.05, 3.63) is 33.4 Å². The van der Waals surface area contributed by atoms with Gasteiger partial charge >= 0.3 is 0 Å². The van der Waals surface area contributed by atoms with Gasteiger partial charge in [0, 0.05) is 33.8 Å². The number of hydrogen-bond acceptors (Lipinski definition) is 2. The number of rotatable bonds is 4. The summed E-state index contributed by atoms with van der Waals surface area (Å²) in [5.74, 6) is 0.210. The van der Waals surface area contributed by atoms with Gasteiger partial charge < -0.3 is 10.2 Å². The van der Waals surface area contributed by atoms with Crippen LogP contribution in [0.3, 0.4) is 0 Å². The highest BCUT2D eigenvalue weighted by molar-refractivity contribution is 14.1. The number of piperidine rings is 1. The second kappa shape index (κ2) is 6.65. The van der Waals surface area contributed by atoms with Gasteiger partial charge in [0.05, 0.1) is 0 Å². The molecule has 2 aliphatic rings. The number of halogens is 1. The first-order valence-corrected chi connectivity index (χ1v) is 9.08. The van der Waals surface area contributed by atoms with Crippen molar-refractivity contribution in [2.24, 2.45) is 0 Å². The van der Waals surface area contributed by atoms with Crippen LogP contribution in [0.25, 0.3) is 0 Å². The van der Waals surface area contributed by atoms with Crippen LogP contribution >= 0.6 is 22.6 Å². The highest BCUT2D eigenvalue weighted by Crippen LogP contribution is 2.30. The van der Waals surface area contributed by atoms with Crippen molar-refractivity contribution >= 4 is 28.5 Å². The molecule has 3 nitrogen and oxygen atoms in total. The van der Waals surface area contributed by atoms with Gasteiger partial charge in [-0.15, -0.1) is 0 Å². The van der Waals surface area contributed by atoms with Crippen molar-refractivity contribution in [2.45, 2.75) is 57.2 Å². The Kier molecular flexibility index (Phi) is 4.84. The Labute approximate surface area is 140 Å². The van der Waals surface area contributed by atoms with E-state index in [0.29, 0.717) is 18.1 Å². The van der Waals surface area contributed by atoms with Crippen LogP contribution in [0.2, 0.25) is 0 Å². The van der Waals surface area contributed by atoms with E-state index in [4.69, 9.17) is 0 Å². The van der Waals surface area contributed by atoms with E-state index in [1.54, 1.807) is 0 Å². The van der Waals surface area contributed by atoms with E-state index in [0.717, 1.165) is 34.9 Å². The molecule has 2 aliphatic heterocycles. The molecule has 114 valence electrons. The molecule has 3 rings (SSSR count). The molecule has 2 heterocycles. The second-order valence-electron chi connectivity index (χ2n) is 6.27. The predicted molar refractivity (Wildman–Crippen MR) is 93.5 cm³/mol. The van der Waals surface area contributed by atoms with Crippen molar-refractivity contribution in [3.8, 4) is 0 Å². The van der Waals surface area contributed by atoms with Crippen LogP contribution in [-0.4, -0.2) is 35.5 Å². The van der Waals surface area contributed by atoms with Crippen LogP contribution in [0.1, 0.15) is 49.4 Å². The number of benzene rings is 1. The third kappa shape index (κ3) is 3.42. The topological polar surface area (TPSA) is 32.3 Å². The summed E-state index contributed by atoms with van der Waals surface area (Å²) < 4.78 is 1.13. The molecule has 1 amide bonds. The van der Waals surface area contributed by atoms with Gasteiger partial charge in [-0.3, -0.25) is 4.79 Å². The standard InChI is InChI=1S/C17H23IN2O/c1-2-8-20(16-10-14-6-7-15(11-16)19-14)17(21)12-4-3-5-13(18)9-12/h3-5,9,14-16,19H,2,6-8,10-11H2,1H3. The van der Waals surface area contributed by atoms with Crippen molar-refractivity contribution < 1.29 is 4.79 Å². The fourth-order valence-corrected chi connectivity index (χ4v) is 4.30. The maximum atomic E-state index is 12.9. The van der Waals surface area contributed by atoms with Gasteiger partial charge in [0.1, 0.15) is 0 Å². The number of hydrogen-bond donors (Lipinski definition) is 1. The maximum absolute atomic E-state index is 12.9. The first kappa shape index (κ1) is 15.3. The van der Waals surface area contributed by atoms with Gasteiger partial charge in [0.25, 0.3) is 5.91 Å². The zero-order valence-electron chi connectivity index (χ0n) is 12.5. The Bertz CT molecular complexity index is 507. The molecule has 2 atom stereocenters. The summed E-state index contributed by atoms with van der Waals surface area (Å²) in [6, 6.07) is 9.62. The number of amides is 1. The van der Waals surface area contributed by atoms with Crippen LogP contribution in [0.5, 0.6) is 0 Å². The molecular formula is C17H23IN2O. The summed E-state index contributed by atoms with van der Waals surface area (Å²) in [5, 5.41) is 3.67. The molecule has 21 heavy (non-hydrogen) atoms. The zero-order chi connectivity index (χ0) is 14.8. The van der Waals surface area contributed by atoms with E-state index in [9.17, 15) is 4.79 Å². The van der Waals surface area contributed by atoms with Crippen molar-refractivity contribution in [1.29, 1.82) is 0 Å². The summed E-state index contributed by atoms with van der Waals surface area (Å²) in [6.45, 7) is 3.03. The van der Waals surface area contributed by atoms with Gasteiger partial charge in [0.2, 0.25) is 0 Å². The summed E-state index contributed by atoms with van der Waals surface area (Å²) in [4.78, 5) is 15.1. The minimum atomic E-state index is 0.210. The van der Waals surface area contributed by atoms with Crippen LogP contribution in [0.4, 0.5) is 0 Å². The number of carbonyl (C=O) groups excluding carboxylic acids is 1. The van der Waals surface area contributed by atoms with Crippen LogP contribution < -0.4 is 5.32 Å². The fourth-order valence-electron chi connectivity index (χ4n) is 3.76. The SMILES string of the molecule is CCCN(C(=O)c1cccc(I)c1)C1CC2CCC(C1)N2. The highest BCUT2D eigenvalue weighted by atomic mass is 127. The van der Waals surface area contributed by atoms with Crippen LogP contribution in [0.15, 0.2) is 24.3 Å². The van der Waals surface area contributed by atoms with Crippen molar-refractivity contribution in [3.63, 3.8) is 0 Å². The Morgan fingerprint density at radius 3 is 2.67 bits per heavy atom. The lowest BCUT2D eigenvalue weighted by Gasteiger charge is -2.38. The Morgan fingerprint density at radius 2 is 2.05 bits per heavy atom. The molecule has 1 aromatic carbocycles. The van der Waals surface area contributed by atoms with Crippen molar-refractivity contribution in [2.75, 3.05) is 6.54 Å². The normalized spacial score (nSPS) is 27.6. The summed E-state index contributed by atoms with van der Waals surface area (Å²) in [7, 11) is 0. The average Bonchev–Trinajstić information content (AvgIpc) is 2.82. The lowest BCUT2D eigenvalue weighted by molar-refractivity contribution is 0.0616. The predicted octanol–water partition coefficient (Wildman–Crippen LogP) is 3.43. The molecule has 0 saturated carbocycles. The molecule has 0 radical (unpaired) electrons. The number of nitrogens with zero attached hydrogens (tertiary/aromatic N) is 1. The lowest BCUT2D eigenvalue weighted by atomic mass is 9.97. The van der Waals surface area contributed by atoms with Crippen molar-refractivity contribution in [1.82, 2.24) is 10.2 Å². The Balaban J connectivity index is 1.79. The van der Waals surface area contributed by atoms with E-state index >= 15 is 0 Å². The number of carbonyl (C=O) groups is 1. The van der Waals surface area contributed by atoms with Gasteiger partial charge in [-0.25, -0.2) is 0 Å². The number of nitrogens with one attached hydrogen (secondary N) is 1. The Morgan fingerprint density at radius 1 is 1.33 bits per heavy atom. The summed E-state index contributed by atoms with van der Waals surface area (Å²) in [5.41, 5.74) is 0.834. The fraction of sp³-hybridized carbons (Fsp3) is 0.588. The van der Waals surface area contributed by atoms with Gasteiger partial charge in [-0.2, -0.15) is 0 Å². The van der Waals surface area contributed by atoms with E-state index in [-0.39, 0.29) is 5.91 Å². The molecular weight excluding hydrogens is 375 g/mol. The quantitative estimate of drug-likeness (QED) is 0.789. The molecule has 1 aromatic rings. The summed E-state index contributed by atoms with van der Waals surface area (Å²) >= 11 is 2.27. The van der Waals surface area contributed by atoms with Gasteiger partial charge in [-0.1, -0.05) is 13.0 Å². The zero-order valence-corrected chi connectivity index (χ0v) is 14.7. The van der Waals surface area contributed by atoms with Gasteiger partial charge in [-0.05, 0) is 72.9 Å². The van der Waals surface area contributed by atoms with E-state index in [2.05, 4.69) is 39.7 Å². The number of fused-ring (bicyclic) bond motifs is 2. The maximum Gasteiger partial charge on any atom is 0.254 e. The first-order valence-electron chi connectivity index (χ1n) is 8.00. The molecule has 2 saturated heterocycles.